The summed E-state index contributed by atoms with van der Waals surface area (Å²) in [4.78, 5) is 25.5. The smallest absolute Gasteiger partial charge is 0.412 e. The second-order valence-electron chi connectivity index (χ2n) is 8.72. The average Bonchev–Trinajstić information content (AvgIpc) is 3.56. The molecule has 0 bridgehead atoms. The molecule has 2 fully saturated rings. The molecule has 2 aromatic rings. The molecule has 2 amide bonds. The molecule has 2 aliphatic rings. The molecule has 0 radical (unpaired) electrons. The van der Waals surface area contributed by atoms with Gasteiger partial charge in [0.05, 0.1) is 19.6 Å². The van der Waals surface area contributed by atoms with E-state index >= 15 is 4.39 Å². The highest BCUT2D eigenvalue weighted by Crippen LogP contribution is 2.40. The van der Waals surface area contributed by atoms with E-state index in [1.54, 1.807) is 0 Å². The summed E-state index contributed by atoms with van der Waals surface area (Å²) in [6.45, 7) is 1.25. The maximum Gasteiger partial charge on any atom is 0.412 e. The summed E-state index contributed by atoms with van der Waals surface area (Å²) in [6.07, 6.45) is 1.69. The fourth-order valence-corrected chi connectivity index (χ4v) is 4.41. The number of carbonyl (C=O) groups excluding carboxylic acids is 2. The summed E-state index contributed by atoms with van der Waals surface area (Å²) in [7, 11) is 1.17. The van der Waals surface area contributed by atoms with Gasteiger partial charge in [0.15, 0.2) is 5.82 Å². The highest BCUT2D eigenvalue weighted by molar-refractivity contribution is 6.00. The zero-order chi connectivity index (χ0) is 23.6. The molecule has 1 saturated carbocycles. The Morgan fingerprint density at radius 2 is 2.09 bits per heavy atom. The molecule has 10 heteroatoms. The Balaban J connectivity index is 1.53. The van der Waals surface area contributed by atoms with Crippen molar-refractivity contribution in [1.29, 1.82) is 5.26 Å². The first-order valence-corrected chi connectivity index (χ1v) is 10.9. The molecule has 2 atom stereocenters. The van der Waals surface area contributed by atoms with Gasteiger partial charge in [-0.3, -0.25) is 19.7 Å². The van der Waals surface area contributed by atoms with Crippen molar-refractivity contribution in [3.63, 3.8) is 0 Å². The van der Waals surface area contributed by atoms with E-state index in [0.717, 1.165) is 5.56 Å². The van der Waals surface area contributed by atoms with Crippen LogP contribution in [-0.4, -0.2) is 53.1 Å². The number of methoxy groups -OCH3 is 1. The summed E-state index contributed by atoms with van der Waals surface area (Å²) >= 11 is 0. The molecule has 1 aliphatic carbocycles. The number of primary amides is 1. The predicted octanol–water partition coefficient (Wildman–Crippen LogP) is 2.89. The minimum Gasteiger partial charge on any atom is -0.453 e. The van der Waals surface area contributed by atoms with Crippen LogP contribution in [0.25, 0.3) is 0 Å². The number of halogens is 1. The molecule has 1 aromatic carbocycles. The van der Waals surface area contributed by atoms with E-state index < -0.39 is 23.7 Å². The number of nitrogens with zero attached hydrogens (tertiary/aromatic N) is 4. The highest BCUT2D eigenvalue weighted by Gasteiger charge is 2.46. The lowest BCUT2D eigenvalue weighted by atomic mass is 9.83. The van der Waals surface area contributed by atoms with E-state index in [2.05, 4.69) is 45.5 Å². The maximum absolute atomic E-state index is 15.7. The van der Waals surface area contributed by atoms with Gasteiger partial charge in [-0.25, -0.2) is 9.18 Å². The number of rotatable bonds is 7. The zero-order valence-electron chi connectivity index (χ0n) is 18.5. The van der Waals surface area contributed by atoms with Crippen molar-refractivity contribution in [2.24, 2.45) is 5.73 Å². The Kier molecular flexibility index (Phi) is 6.33. The molecule has 3 N–H and O–H groups in total. The zero-order valence-corrected chi connectivity index (χ0v) is 18.5. The molecule has 9 nitrogen and oxygen atoms in total. The molecular formula is C23H27FN6O3. The molecule has 1 aromatic heterocycles. The number of nitrogens with one attached hydrogen (secondary N) is 1. The van der Waals surface area contributed by atoms with E-state index in [1.165, 1.54) is 36.4 Å². The number of likely N-dealkylation sites (tertiary alicyclic amines) is 1. The maximum atomic E-state index is 15.7. The van der Waals surface area contributed by atoms with E-state index in [1.807, 2.05) is 4.90 Å². The van der Waals surface area contributed by atoms with Gasteiger partial charge >= 0.3 is 6.09 Å². The van der Waals surface area contributed by atoms with Crippen LogP contribution in [0.5, 0.6) is 0 Å². The van der Waals surface area contributed by atoms with Crippen LogP contribution < -0.4 is 11.1 Å². The third-order valence-electron chi connectivity index (χ3n) is 6.52. The average molecular weight is 455 g/mol. The van der Waals surface area contributed by atoms with E-state index in [4.69, 9.17) is 5.73 Å². The van der Waals surface area contributed by atoms with Gasteiger partial charge in [-0.15, -0.1) is 0 Å². The SMILES string of the molecule is COC(=O)Nc1nn(C2(CC#N)CCN(Cc3ccc(C4CC4)cc3)C[C@@H]2F)cc1C(N)=O. The monoisotopic (exact) mass is 454 g/mol. The van der Waals surface area contributed by atoms with Crippen LogP contribution in [0.4, 0.5) is 15.0 Å². The number of aromatic nitrogens is 2. The Bertz CT molecular complexity index is 1070. The summed E-state index contributed by atoms with van der Waals surface area (Å²) in [5.74, 6) is -0.270. The number of amides is 2. The van der Waals surface area contributed by atoms with Crippen molar-refractivity contribution in [1.82, 2.24) is 14.7 Å². The number of carbonyl (C=O) groups is 2. The van der Waals surface area contributed by atoms with Crippen LogP contribution >= 0.6 is 0 Å². The van der Waals surface area contributed by atoms with E-state index in [9.17, 15) is 14.9 Å². The Labute approximate surface area is 191 Å². The highest BCUT2D eigenvalue weighted by atomic mass is 19.1. The third kappa shape index (κ3) is 4.68. The number of ether oxygens (including phenoxy) is 1. The van der Waals surface area contributed by atoms with Gasteiger partial charge in [0.25, 0.3) is 5.91 Å². The summed E-state index contributed by atoms with van der Waals surface area (Å²) in [5, 5.41) is 16.0. The minimum atomic E-state index is -1.43. The quantitative estimate of drug-likeness (QED) is 0.662. The first-order chi connectivity index (χ1) is 15.9. The summed E-state index contributed by atoms with van der Waals surface area (Å²) in [6, 6.07) is 10.5. The normalized spacial score (nSPS) is 23.0. The largest absolute Gasteiger partial charge is 0.453 e. The lowest BCUT2D eigenvalue weighted by Gasteiger charge is -2.43. The number of benzene rings is 1. The summed E-state index contributed by atoms with van der Waals surface area (Å²) < 4.78 is 21.5. The number of piperidine rings is 1. The van der Waals surface area contributed by atoms with Gasteiger partial charge in [-0.2, -0.15) is 10.4 Å². The van der Waals surface area contributed by atoms with Crippen molar-refractivity contribution >= 4 is 17.8 Å². The van der Waals surface area contributed by atoms with Crippen molar-refractivity contribution in [3.8, 4) is 6.07 Å². The van der Waals surface area contributed by atoms with E-state index in [-0.39, 0.29) is 24.3 Å². The van der Waals surface area contributed by atoms with Crippen LogP contribution in [0.3, 0.4) is 0 Å². The second-order valence-corrected chi connectivity index (χ2v) is 8.72. The molecule has 4 rings (SSSR count). The second kappa shape index (κ2) is 9.19. The first-order valence-electron chi connectivity index (χ1n) is 10.9. The van der Waals surface area contributed by atoms with Gasteiger partial charge in [0, 0.05) is 25.8 Å². The molecule has 33 heavy (non-hydrogen) atoms. The predicted molar refractivity (Wildman–Crippen MR) is 118 cm³/mol. The lowest BCUT2D eigenvalue weighted by Crippen LogP contribution is -2.54. The fourth-order valence-electron chi connectivity index (χ4n) is 4.41. The topological polar surface area (TPSA) is 126 Å². The minimum absolute atomic E-state index is 0.0805. The van der Waals surface area contributed by atoms with Crippen LogP contribution in [0.2, 0.25) is 0 Å². The van der Waals surface area contributed by atoms with E-state index in [0.29, 0.717) is 25.4 Å². The number of alkyl halides is 1. The number of anilines is 1. The first kappa shape index (κ1) is 22.7. The lowest BCUT2D eigenvalue weighted by molar-refractivity contribution is 0.00694. The van der Waals surface area contributed by atoms with Crippen LogP contribution in [0, 0.1) is 11.3 Å². The number of nitriles is 1. The Morgan fingerprint density at radius 1 is 1.36 bits per heavy atom. The van der Waals surface area contributed by atoms with Crippen molar-refractivity contribution in [2.75, 3.05) is 25.5 Å². The fraction of sp³-hybridized carbons (Fsp3) is 0.478. The van der Waals surface area contributed by atoms with Gasteiger partial charge < -0.3 is 10.5 Å². The molecule has 1 saturated heterocycles. The molecule has 1 aliphatic heterocycles. The number of nitrogens with two attached hydrogens (primary N) is 1. The van der Waals surface area contributed by atoms with Crippen LogP contribution in [0.1, 0.15) is 53.1 Å². The van der Waals surface area contributed by atoms with Gasteiger partial charge in [0.1, 0.15) is 17.3 Å². The third-order valence-corrected chi connectivity index (χ3v) is 6.52. The van der Waals surface area contributed by atoms with Crippen molar-refractivity contribution in [2.45, 2.75) is 49.9 Å². The molecular weight excluding hydrogens is 427 g/mol. The number of hydrogen-bond acceptors (Lipinski definition) is 6. The van der Waals surface area contributed by atoms with Gasteiger partial charge in [-0.05, 0) is 36.3 Å². The number of hydrogen-bond donors (Lipinski definition) is 2. The molecule has 2 heterocycles. The standard InChI is InChI=1S/C23H27FN6O3/c1-33-22(32)27-21-18(20(26)31)13-30(28-21)23(8-10-25)9-11-29(14-19(23)24)12-15-2-4-16(5-3-15)17-6-7-17/h2-5,13,17,19H,6-9,11-12,14H2,1H3,(H2,26,31)(H,27,28,32)/t19-,23?/m0/s1. The molecule has 0 spiro atoms. The van der Waals surface area contributed by atoms with Gasteiger partial charge in [-0.1, -0.05) is 24.3 Å². The van der Waals surface area contributed by atoms with Crippen LogP contribution in [-0.2, 0) is 16.8 Å². The van der Waals surface area contributed by atoms with Crippen molar-refractivity contribution < 1.29 is 18.7 Å². The van der Waals surface area contributed by atoms with Crippen LogP contribution in [0.15, 0.2) is 30.5 Å². The molecule has 174 valence electrons. The molecule has 1 unspecified atom stereocenters. The summed E-state index contributed by atoms with van der Waals surface area (Å²) in [5.41, 5.74) is 6.53. The Hall–Kier alpha value is -3.45. The van der Waals surface area contributed by atoms with Crippen molar-refractivity contribution in [3.05, 3.63) is 47.2 Å². The Morgan fingerprint density at radius 3 is 2.67 bits per heavy atom. The van der Waals surface area contributed by atoms with Gasteiger partial charge in [0.2, 0.25) is 0 Å².